The van der Waals surface area contributed by atoms with Gasteiger partial charge in [-0.1, -0.05) is 53.2 Å². The van der Waals surface area contributed by atoms with Crippen LogP contribution in [0.1, 0.15) is 16.7 Å². The maximum Gasteiger partial charge on any atom is 0.417 e. The van der Waals surface area contributed by atoms with E-state index < -0.39 is 17.7 Å². The summed E-state index contributed by atoms with van der Waals surface area (Å²) in [6, 6.07) is 14.4. The van der Waals surface area contributed by atoms with Gasteiger partial charge < -0.3 is 14.3 Å². The SMILES string of the molecule is CO/N=C(/C(=O)OC)c1ccccc1COc1cccc(-c2ncc(C(F)(F)F)cc2Cl)c1. The van der Waals surface area contributed by atoms with E-state index in [1.807, 2.05) is 0 Å². The number of aromatic nitrogens is 1. The van der Waals surface area contributed by atoms with Gasteiger partial charge in [-0.2, -0.15) is 13.2 Å². The number of alkyl halides is 3. The standard InChI is InChI=1S/C23H18ClF3N2O4/c1-31-22(30)21(29-32-2)18-9-4-3-6-15(18)13-33-17-8-5-7-14(10-17)20-19(24)11-16(12-28-20)23(25,26)27/h3-12H,13H2,1-2H3/b29-21+. The molecule has 172 valence electrons. The first-order valence-corrected chi connectivity index (χ1v) is 9.86. The zero-order chi connectivity index (χ0) is 24.0. The Labute approximate surface area is 192 Å². The Hall–Kier alpha value is -3.59. The molecule has 0 aliphatic carbocycles. The first-order valence-electron chi connectivity index (χ1n) is 9.48. The van der Waals surface area contributed by atoms with E-state index in [1.165, 1.54) is 14.2 Å². The topological polar surface area (TPSA) is 70.0 Å². The monoisotopic (exact) mass is 478 g/mol. The molecule has 0 fully saturated rings. The summed E-state index contributed by atoms with van der Waals surface area (Å²) in [4.78, 5) is 20.7. The van der Waals surface area contributed by atoms with E-state index in [-0.39, 0.29) is 23.0 Å². The van der Waals surface area contributed by atoms with Crippen molar-refractivity contribution in [1.29, 1.82) is 0 Å². The molecule has 0 radical (unpaired) electrons. The highest BCUT2D eigenvalue weighted by molar-refractivity contribution is 6.43. The average molecular weight is 479 g/mol. The minimum atomic E-state index is -4.54. The number of rotatable bonds is 7. The molecule has 0 aliphatic rings. The quantitative estimate of drug-likeness (QED) is 0.254. The van der Waals surface area contributed by atoms with Crippen molar-refractivity contribution in [3.63, 3.8) is 0 Å². The first kappa shape index (κ1) is 24.1. The van der Waals surface area contributed by atoms with Crippen molar-refractivity contribution in [3.8, 4) is 17.0 Å². The van der Waals surface area contributed by atoms with Crippen molar-refractivity contribution in [1.82, 2.24) is 4.98 Å². The highest BCUT2D eigenvalue weighted by Crippen LogP contribution is 2.34. The molecule has 33 heavy (non-hydrogen) atoms. The second-order valence-electron chi connectivity index (χ2n) is 6.64. The lowest BCUT2D eigenvalue weighted by atomic mass is 10.0. The van der Waals surface area contributed by atoms with Gasteiger partial charge in [0.15, 0.2) is 5.71 Å². The van der Waals surface area contributed by atoms with Gasteiger partial charge in [0, 0.05) is 17.3 Å². The number of carbonyl (C=O) groups is 1. The predicted octanol–water partition coefficient (Wildman–Crippen LogP) is 5.52. The summed E-state index contributed by atoms with van der Waals surface area (Å²) in [6.45, 7) is 0.0630. The molecule has 0 saturated carbocycles. The highest BCUT2D eigenvalue weighted by atomic mass is 35.5. The molecule has 0 bridgehead atoms. The van der Waals surface area contributed by atoms with Gasteiger partial charge in [-0.3, -0.25) is 4.98 Å². The molecule has 6 nitrogen and oxygen atoms in total. The van der Waals surface area contributed by atoms with Crippen LogP contribution in [0.4, 0.5) is 13.2 Å². The van der Waals surface area contributed by atoms with Crippen LogP contribution in [0.3, 0.4) is 0 Å². The number of nitrogens with zero attached hydrogens (tertiary/aromatic N) is 2. The van der Waals surface area contributed by atoms with Crippen molar-refractivity contribution >= 4 is 23.3 Å². The Morgan fingerprint density at radius 2 is 1.85 bits per heavy atom. The zero-order valence-electron chi connectivity index (χ0n) is 17.5. The van der Waals surface area contributed by atoms with Gasteiger partial charge in [-0.25, -0.2) is 4.79 Å². The Morgan fingerprint density at radius 3 is 2.52 bits per heavy atom. The summed E-state index contributed by atoms with van der Waals surface area (Å²) in [5.74, 6) is -0.252. The molecule has 2 aromatic carbocycles. The predicted molar refractivity (Wildman–Crippen MR) is 116 cm³/mol. The number of esters is 1. The van der Waals surface area contributed by atoms with Crippen LogP contribution in [-0.2, 0) is 27.2 Å². The van der Waals surface area contributed by atoms with Gasteiger partial charge in [0.2, 0.25) is 0 Å². The minimum absolute atomic E-state index is 0.0197. The van der Waals surface area contributed by atoms with Gasteiger partial charge >= 0.3 is 12.1 Å². The van der Waals surface area contributed by atoms with E-state index in [4.69, 9.17) is 25.9 Å². The Morgan fingerprint density at radius 1 is 1.09 bits per heavy atom. The number of ether oxygens (including phenoxy) is 2. The smallest absolute Gasteiger partial charge is 0.417 e. The normalized spacial score (nSPS) is 11.8. The van der Waals surface area contributed by atoms with Crippen LogP contribution in [0.15, 0.2) is 65.9 Å². The van der Waals surface area contributed by atoms with Gasteiger partial charge in [-0.05, 0) is 23.8 Å². The van der Waals surface area contributed by atoms with Crippen LogP contribution in [0.5, 0.6) is 5.75 Å². The summed E-state index contributed by atoms with van der Waals surface area (Å²) in [7, 11) is 2.55. The number of oxime groups is 1. The minimum Gasteiger partial charge on any atom is -0.489 e. The fourth-order valence-corrected chi connectivity index (χ4v) is 3.24. The van der Waals surface area contributed by atoms with E-state index in [0.29, 0.717) is 22.4 Å². The van der Waals surface area contributed by atoms with Crippen molar-refractivity contribution in [2.75, 3.05) is 14.2 Å². The molecule has 0 aliphatic heterocycles. The number of pyridine rings is 1. The number of methoxy groups -OCH3 is 1. The third-order valence-electron chi connectivity index (χ3n) is 4.50. The number of hydrogen-bond acceptors (Lipinski definition) is 6. The van der Waals surface area contributed by atoms with Crippen LogP contribution < -0.4 is 4.74 Å². The molecular formula is C23H18ClF3N2O4. The molecule has 0 N–H and O–H groups in total. The maximum atomic E-state index is 12.9. The summed E-state index contributed by atoms with van der Waals surface area (Å²) in [6.07, 6.45) is -3.81. The molecule has 1 aromatic heterocycles. The lowest BCUT2D eigenvalue weighted by Crippen LogP contribution is -2.19. The zero-order valence-corrected chi connectivity index (χ0v) is 18.3. The van der Waals surface area contributed by atoms with Crippen LogP contribution >= 0.6 is 11.6 Å². The van der Waals surface area contributed by atoms with Crippen molar-refractivity contribution in [2.24, 2.45) is 5.16 Å². The van der Waals surface area contributed by atoms with E-state index in [0.717, 1.165) is 12.3 Å². The Kier molecular flexibility index (Phi) is 7.55. The van der Waals surface area contributed by atoms with Crippen molar-refractivity contribution in [2.45, 2.75) is 12.8 Å². The third kappa shape index (κ3) is 5.81. The second kappa shape index (κ2) is 10.4. The Bertz CT molecular complexity index is 1180. The van der Waals surface area contributed by atoms with Crippen LogP contribution in [-0.4, -0.2) is 30.9 Å². The molecule has 0 spiro atoms. The molecular weight excluding hydrogens is 461 g/mol. The lowest BCUT2D eigenvalue weighted by Gasteiger charge is -2.13. The summed E-state index contributed by atoms with van der Waals surface area (Å²) >= 11 is 6.05. The molecule has 0 amide bonds. The molecule has 0 saturated heterocycles. The maximum absolute atomic E-state index is 12.9. The second-order valence-corrected chi connectivity index (χ2v) is 7.05. The molecule has 0 atom stereocenters. The number of halogens is 4. The lowest BCUT2D eigenvalue weighted by molar-refractivity contribution is -0.137. The van der Waals surface area contributed by atoms with E-state index in [2.05, 4.69) is 10.1 Å². The van der Waals surface area contributed by atoms with Gasteiger partial charge in [0.05, 0.1) is 23.4 Å². The van der Waals surface area contributed by atoms with Gasteiger partial charge in [0.25, 0.3) is 0 Å². The Balaban J connectivity index is 1.85. The third-order valence-corrected chi connectivity index (χ3v) is 4.79. The summed E-state index contributed by atoms with van der Waals surface area (Å²) in [5.41, 5.74) is 0.823. The molecule has 3 rings (SSSR count). The highest BCUT2D eigenvalue weighted by Gasteiger charge is 2.31. The first-order chi connectivity index (χ1) is 15.7. The molecule has 1 heterocycles. The van der Waals surface area contributed by atoms with E-state index in [9.17, 15) is 18.0 Å². The summed E-state index contributed by atoms with van der Waals surface area (Å²) in [5, 5.41) is 3.62. The number of carbonyl (C=O) groups excluding carboxylic acids is 1. The molecule has 3 aromatic rings. The summed E-state index contributed by atoms with van der Waals surface area (Å²) < 4.78 is 49.2. The van der Waals surface area contributed by atoms with Crippen molar-refractivity contribution < 1.29 is 32.3 Å². The van der Waals surface area contributed by atoms with Crippen LogP contribution in [0.2, 0.25) is 5.02 Å². The van der Waals surface area contributed by atoms with Crippen LogP contribution in [0, 0.1) is 0 Å². The molecule has 0 unspecified atom stereocenters. The fourth-order valence-electron chi connectivity index (χ4n) is 2.96. The van der Waals surface area contributed by atoms with Crippen molar-refractivity contribution in [3.05, 3.63) is 82.5 Å². The number of hydrogen-bond donors (Lipinski definition) is 0. The largest absolute Gasteiger partial charge is 0.489 e. The number of benzene rings is 2. The average Bonchev–Trinajstić information content (AvgIpc) is 2.80. The van der Waals surface area contributed by atoms with E-state index in [1.54, 1.807) is 48.5 Å². The fraction of sp³-hybridized carbons (Fsp3) is 0.174. The van der Waals surface area contributed by atoms with E-state index >= 15 is 0 Å². The van der Waals surface area contributed by atoms with Gasteiger partial charge in [0.1, 0.15) is 19.5 Å². The van der Waals surface area contributed by atoms with Crippen LogP contribution in [0.25, 0.3) is 11.3 Å². The van der Waals surface area contributed by atoms with Gasteiger partial charge in [-0.15, -0.1) is 0 Å². The molecule has 10 heteroatoms.